The van der Waals surface area contributed by atoms with Gasteiger partial charge >= 0.3 is 0 Å². The minimum Gasteiger partial charge on any atom is -0.478 e. The molecule has 1 unspecified atom stereocenters. The fourth-order valence-electron chi connectivity index (χ4n) is 0.989. The minimum absolute atomic E-state index is 0.252. The van der Waals surface area contributed by atoms with Crippen LogP contribution in [-0.4, -0.2) is 12.0 Å². The monoisotopic (exact) mass is 326 g/mol. The standard InChI is InChI=1S/C9H9BrCl2N2O2/c1-4(9(15)14-13)16-8-6(11)2-5(10)3-7(8)12/h2-4H,13H2,1H3,(H,14,15). The molecule has 7 heteroatoms. The van der Waals surface area contributed by atoms with Gasteiger partial charge in [-0.25, -0.2) is 5.84 Å². The molecule has 1 aromatic rings. The van der Waals surface area contributed by atoms with E-state index < -0.39 is 12.0 Å². The van der Waals surface area contributed by atoms with Gasteiger partial charge in [0.1, 0.15) is 0 Å². The fraction of sp³-hybridized carbons (Fsp3) is 0.222. The number of benzene rings is 1. The Morgan fingerprint density at radius 2 is 2.00 bits per heavy atom. The summed E-state index contributed by atoms with van der Waals surface area (Å²) in [5.74, 6) is 4.76. The average molecular weight is 328 g/mol. The van der Waals surface area contributed by atoms with Gasteiger partial charge in [0.05, 0.1) is 10.0 Å². The van der Waals surface area contributed by atoms with Crippen molar-refractivity contribution < 1.29 is 9.53 Å². The van der Waals surface area contributed by atoms with Gasteiger partial charge in [0.25, 0.3) is 5.91 Å². The Morgan fingerprint density at radius 1 is 1.50 bits per heavy atom. The highest BCUT2D eigenvalue weighted by atomic mass is 79.9. The molecular formula is C9H9BrCl2N2O2. The van der Waals surface area contributed by atoms with Crippen molar-refractivity contribution in [2.45, 2.75) is 13.0 Å². The molecule has 16 heavy (non-hydrogen) atoms. The predicted octanol–water partition coefficient (Wildman–Crippen LogP) is 2.51. The van der Waals surface area contributed by atoms with Crippen LogP contribution in [0.3, 0.4) is 0 Å². The molecule has 0 aliphatic rings. The second-order valence-electron chi connectivity index (χ2n) is 2.97. The Balaban J connectivity index is 2.93. The molecule has 1 rings (SSSR count). The van der Waals surface area contributed by atoms with Crippen molar-refractivity contribution in [2.24, 2.45) is 5.84 Å². The van der Waals surface area contributed by atoms with E-state index in [9.17, 15) is 4.79 Å². The second kappa shape index (κ2) is 5.72. The van der Waals surface area contributed by atoms with Crippen molar-refractivity contribution in [3.8, 4) is 5.75 Å². The highest BCUT2D eigenvalue weighted by Crippen LogP contribution is 2.36. The summed E-state index contributed by atoms with van der Waals surface area (Å²) < 4.78 is 6.03. The molecule has 0 fully saturated rings. The molecule has 0 aromatic heterocycles. The molecule has 0 saturated heterocycles. The molecule has 4 nitrogen and oxygen atoms in total. The number of hydrazine groups is 1. The zero-order chi connectivity index (χ0) is 12.3. The van der Waals surface area contributed by atoms with Crippen LogP contribution < -0.4 is 16.0 Å². The third-order valence-electron chi connectivity index (χ3n) is 1.77. The van der Waals surface area contributed by atoms with Crippen LogP contribution in [0.15, 0.2) is 16.6 Å². The number of halogens is 3. The van der Waals surface area contributed by atoms with Crippen LogP contribution in [0.25, 0.3) is 0 Å². The number of rotatable bonds is 3. The van der Waals surface area contributed by atoms with Gasteiger partial charge in [-0.15, -0.1) is 0 Å². The topological polar surface area (TPSA) is 64.3 Å². The Bertz CT molecular complexity index is 391. The number of carbonyl (C=O) groups is 1. The molecule has 1 atom stereocenters. The van der Waals surface area contributed by atoms with E-state index in [0.717, 1.165) is 4.47 Å². The molecule has 0 aliphatic carbocycles. The summed E-state index contributed by atoms with van der Waals surface area (Å²) in [5.41, 5.74) is 1.98. The normalized spacial score (nSPS) is 12.1. The van der Waals surface area contributed by atoms with E-state index in [-0.39, 0.29) is 5.75 Å². The van der Waals surface area contributed by atoms with Crippen LogP contribution in [-0.2, 0) is 4.79 Å². The van der Waals surface area contributed by atoms with Gasteiger partial charge in [-0.3, -0.25) is 10.2 Å². The highest BCUT2D eigenvalue weighted by Gasteiger charge is 2.17. The number of carbonyl (C=O) groups excluding carboxylic acids is 1. The van der Waals surface area contributed by atoms with Gasteiger partial charge in [0, 0.05) is 4.47 Å². The molecule has 1 amide bonds. The van der Waals surface area contributed by atoms with E-state index in [1.165, 1.54) is 6.92 Å². The number of nitrogens with one attached hydrogen (secondary N) is 1. The van der Waals surface area contributed by atoms with Gasteiger partial charge in [-0.05, 0) is 19.1 Å². The molecule has 0 aliphatic heterocycles. The summed E-state index contributed by atoms with van der Waals surface area (Å²) >= 11 is 15.1. The first-order valence-electron chi connectivity index (χ1n) is 4.27. The van der Waals surface area contributed by atoms with E-state index in [4.69, 9.17) is 33.8 Å². The number of ether oxygens (including phenoxy) is 1. The first kappa shape index (κ1) is 13.6. The Morgan fingerprint density at radius 3 is 2.44 bits per heavy atom. The number of nitrogens with two attached hydrogens (primary N) is 1. The van der Waals surface area contributed by atoms with Gasteiger partial charge in [0.15, 0.2) is 11.9 Å². The lowest BCUT2D eigenvalue weighted by Gasteiger charge is -2.15. The van der Waals surface area contributed by atoms with E-state index in [1.54, 1.807) is 12.1 Å². The summed E-state index contributed by atoms with van der Waals surface area (Å²) in [5, 5.41) is 0.632. The molecule has 0 radical (unpaired) electrons. The molecule has 3 N–H and O–H groups in total. The van der Waals surface area contributed by atoms with Crippen molar-refractivity contribution >= 4 is 45.0 Å². The van der Waals surface area contributed by atoms with E-state index >= 15 is 0 Å². The van der Waals surface area contributed by atoms with Gasteiger partial charge in [-0.2, -0.15) is 0 Å². The SMILES string of the molecule is CC(Oc1c(Cl)cc(Br)cc1Cl)C(=O)NN. The molecule has 0 spiro atoms. The van der Waals surface area contributed by atoms with Crippen LogP contribution in [0.5, 0.6) is 5.75 Å². The molecule has 0 saturated carbocycles. The van der Waals surface area contributed by atoms with Crippen LogP contribution in [0.2, 0.25) is 10.0 Å². The maximum atomic E-state index is 11.1. The summed E-state index contributed by atoms with van der Waals surface area (Å²) in [6.07, 6.45) is -0.777. The van der Waals surface area contributed by atoms with Gasteiger partial charge in [0.2, 0.25) is 0 Å². The summed E-state index contributed by atoms with van der Waals surface area (Å²) in [4.78, 5) is 11.1. The maximum Gasteiger partial charge on any atom is 0.274 e. The number of hydrogen-bond donors (Lipinski definition) is 2. The first-order valence-corrected chi connectivity index (χ1v) is 5.82. The Labute approximate surface area is 111 Å². The van der Waals surface area contributed by atoms with Crippen molar-refractivity contribution in [3.63, 3.8) is 0 Å². The summed E-state index contributed by atoms with van der Waals surface area (Å²) in [6.45, 7) is 1.54. The van der Waals surface area contributed by atoms with Gasteiger partial charge in [-0.1, -0.05) is 39.1 Å². The smallest absolute Gasteiger partial charge is 0.274 e. The lowest BCUT2D eigenvalue weighted by Crippen LogP contribution is -2.40. The minimum atomic E-state index is -0.777. The largest absolute Gasteiger partial charge is 0.478 e. The molecule has 1 aromatic carbocycles. The van der Waals surface area contributed by atoms with Crippen LogP contribution >= 0.6 is 39.1 Å². The van der Waals surface area contributed by atoms with E-state index in [1.807, 2.05) is 5.43 Å². The van der Waals surface area contributed by atoms with Crippen molar-refractivity contribution in [1.29, 1.82) is 0 Å². The zero-order valence-electron chi connectivity index (χ0n) is 8.26. The Hall–Kier alpha value is -0.490. The van der Waals surface area contributed by atoms with Gasteiger partial charge < -0.3 is 4.74 Å². The fourth-order valence-corrected chi connectivity index (χ4v) is 2.29. The molecule has 88 valence electrons. The molecular weight excluding hydrogens is 319 g/mol. The lowest BCUT2D eigenvalue weighted by atomic mass is 10.3. The highest BCUT2D eigenvalue weighted by molar-refractivity contribution is 9.10. The van der Waals surface area contributed by atoms with Crippen LogP contribution in [0, 0.1) is 0 Å². The van der Waals surface area contributed by atoms with E-state index in [0.29, 0.717) is 10.0 Å². The lowest BCUT2D eigenvalue weighted by molar-refractivity contribution is -0.127. The van der Waals surface area contributed by atoms with Crippen LogP contribution in [0.1, 0.15) is 6.92 Å². The maximum absolute atomic E-state index is 11.1. The van der Waals surface area contributed by atoms with E-state index in [2.05, 4.69) is 15.9 Å². The quantitative estimate of drug-likeness (QED) is 0.509. The summed E-state index contributed by atoms with van der Waals surface area (Å²) in [6, 6.07) is 3.24. The molecule has 0 heterocycles. The zero-order valence-corrected chi connectivity index (χ0v) is 11.4. The predicted molar refractivity (Wildman–Crippen MR) is 66.6 cm³/mol. The number of amides is 1. The third kappa shape index (κ3) is 3.25. The average Bonchev–Trinajstić information content (AvgIpc) is 2.21. The third-order valence-corrected chi connectivity index (χ3v) is 2.79. The van der Waals surface area contributed by atoms with Crippen molar-refractivity contribution in [2.75, 3.05) is 0 Å². The first-order chi connectivity index (χ1) is 7.45. The Kier molecular flexibility index (Phi) is 4.86. The second-order valence-corrected chi connectivity index (χ2v) is 4.70. The van der Waals surface area contributed by atoms with Crippen molar-refractivity contribution in [3.05, 3.63) is 26.7 Å². The molecule has 0 bridgehead atoms. The number of hydrogen-bond acceptors (Lipinski definition) is 3. The van der Waals surface area contributed by atoms with Crippen LogP contribution in [0.4, 0.5) is 0 Å². The van der Waals surface area contributed by atoms with Crippen molar-refractivity contribution in [1.82, 2.24) is 5.43 Å². The summed E-state index contributed by atoms with van der Waals surface area (Å²) in [7, 11) is 0.